The van der Waals surface area contributed by atoms with Crippen LogP contribution in [0.4, 0.5) is 0 Å². The fourth-order valence-corrected chi connectivity index (χ4v) is 14.8. The van der Waals surface area contributed by atoms with Gasteiger partial charge in [0, 0.05) is 0 Å². The van der Waals surface area contributed by atoms with Crippen LogP contribution in [0.2, 0.25) is 0 Å². The summed E-state index contributed by atoms with van der Waals surface area (Å²) >= 11 is 0. The minimum Gasteiger partial charge on any atom is -0.0953 e. The van der Waals surface area contributed by atoms with Gasteiger partial charge in [-0.2, -0.15) is 0 Å². The van der Waals surface area contributed by atoms with Crippen molar-refractivity contribution in [3.05, 3.63) is 0 Å². The Hall–Kier alpha value is 0.860. The van der Waals surface area contributed by atoms with Crippen molar-refractivity contribution in [3.8, 4) is 0 Å². The highest BCUT2D eigenvalue weighted by atomic mass is 31.1. The summed E-state index contributed by atoms with van der Waals surface area (Å²) in [5.74, 6) is 4.13. The molecular weight excluding hydrogens is 362 g/mol. The second-order valence-corrected chi connectivity index (χ2v) is 21.4. The molecule has 0 amide bonds. The third kappa shape index (κ3) is 5.72. The zero-order valence-corrected chi connectivity index (χ0v) is 22.5. The standard InChI is InChI=1S/C25H50P2/c1-22(2,3)26(23(4,5)6)16-20-18-13-14-19(15-18)21(20)17-27(24(7,8)9)25(10,11)12/h18-21H,13-17H2,1-12H3/t18?,19?,20-,21+. The first-order chi connectivity index (χ1) is 11.9. The Kier molecular flexibility index (Phi) is 7.01. The molecule has 0 nitrogen and oxygen atoms in total. The van der Waals surface area contributed by atoms with E-state index in [1.54, 1.807) is 6.42 Å². The van der Waals surface area contributed by atoms with Crippen molar-refractivity contribution in [2.75, 3.05) is 12.3 Å². The van der Waals surface area contributed by atoms with Crippen LogP contribution in [0, 0.1) is 23.7 Å². The Bertz CT molecular complexity index is 420. The van der Waals surface area contributed by atoms with Crippen LogP contribution < -0.4 is 0 Å². The molecule has 2 unspecified atom stereocenters. The molecule has 0 saturated heterocycles. The maximum absolute atomic E-state index is 2.52. The summed E-state index contributed by atoms with van der Waals surface area (Å²) in [6, 6.07) is 0. The zero-order valence-electron chi connectivity index (χ0n) is 20.7. The average molecular weight is 413 g/mol. The van der Waals surface area contributed by atoms with Gasteiger partial charge < -0.3 is 0 Å². The van der Waals surface area contributed by atoms with Crippen molar-refractivity contribution in [3.63, 3.8) is 0 Å². The molecule has 0 heterocycles. The summed E-state index contributed by atoms with van der Waals surface area (Å²) in [5, 5.41) is 1.88. The Morgan fingerprint density at radius 3 is 1.00 bits per heavy atom. The lowest BCUT2D eigenvalue weighted by molar-refractivity contribution is 0.264. The Morgan fingerprint density at radius 2 is 0.778 bits per heavy atom. The molecule has 0 aliphatic heterocycles. The van der Waals surface area contributed by atoms with Crippen LogP contribution in [-0.4, -0.2) is 32.9 Å². The fourth-order valence-electron chi connectivity index (χ4n) is 6.63. The summed E-state index contributed by atoms with van der Waals surface area (Å²) in [7, 11) is 0.0677. The van der Waals surface area contributed by atoms with Gasteiger partial charge in [-0.3, -0.25) is 0 Å². The van der Waals surface area contributed by atoms with Crippen molar-refractivity contribution < 1.29 is 0 Å². The average Bonchev–Trinajstić information content (AvgIpc) is 2.97. The highest BCUT2D eigenvalue weighted by Crippen LogP contribution is 2.68. The first-order valence-electron chi connectivity index (χ1n) is 11.5. The molecule has 2 fully saturated rings. The van der Waals surface area contributed by atoms with Crippen LogP contribution in [0.25, 0.3) is 0 Å². The number of rotatable bonds is 4. The molecule has 0 spiro atoms. The summed E-state index contributed by atoms with van der Waals surface area (Å²) in [6.07, 6.45) is 7.69. The third-order valence-electron chi connectivity index (χ3n) is 7.30. The predicted octanol–water partition coefficient (Wildman–Crippen LogP) is 8.81. The maximum atomic E-state index is 2.52. The highest BCUT2D eigenvalue weighted by molar-refractivity contribution is 7.61. The van der Waals surface area contributed by atoms with E-state index in [9.17, 15) is 0 Å². The predicted molar refractivity (Wildman–Crippen MR) is 130 cm³/mol. The van der Waals surface area contributed by atoms with E-state index in [1.165, 1.54) is 25.2 Å². The van der Waals surface area contributed by atoms with E-state index in [4.69, 9.17) is 0 Å². The minimum absolute atomic E-state index is 0.0338. The molecule has 4 atom stereocenters. The normalized spacial score (nSPS) is 30.0. The molecule has 160 valence electrons. The van der Waals surface area contributed by atoms with E-state index in [1.807, 2.05) is 0 Å². The molecule has 2 bridgehead atoms. The minimum atomic E-state index is 0.0338. The van der Waals surface area contributed by atoms with Gasteiger partial charge in [0.2, 0.25) is 0 Å². The van der Waals surface area contributed by atoms with Crippen molar-refractivity contribution >= 4 is 15.8 Å². The van der Waals surface area contributed by atoms with Crippen molar-refractivity contribution in [1.82, 2.24) is 0 Å². The molecule has 0 aromatic rings. The van der Waals surface area contributed by atoms with Crippen LogP contribution in [0.15, 0.2) is 0 Å². The van der Waals surface area contributed by atoms with Crippen molar-refractivity contribution in [2.45, 2.75) is 123 Å². The molecule has 0 radical (unpaired) electrons. The largest absolute Gasteiger partial charge is 0.0953 e. The number of hydrogen-bond acceptors (Lipinski definition) is 0. The topological polar surface area (TPSA) is 0 Å². The number of hydrogen-bond donors (Lipinski definition) is 0. The van der Waals surface area contributed by atoms with E-state index < -0.39 is 0 Å². The fraction of sp³-hybridized carbons (Fsp3) is 1.00. The molecule has 27 heavy (non-hydrogen) atoms. The molecular formula is C25H50P2. The van der Waals surface area contributed by atoms with Gasteiger partial charge in [-0.05, 0) is 75.9 Å². The maximum Gasteiger partial charge on any atom is -0.0175 e. The Balaban J connectivity index is 2.27. The van der Waals surface area contributed by atoms with E-state index >= 15 is 0 Å². The van der Waals surface area contributed by atoms with Gasteiger partial charge in [-0.25, -0.2) is 0 Å². The van der Waals surface area contributed by atoms with Gasteiger partial charge in [0.1, 0.15) is 0 Å². The summed E-state index contributed by atoms with van der Waals surface area (Å²) in [5.41, 5.74) is 0. The van der Waals surface area contributed by atoms with E-state index in [2.05, 4.69) is 83.1 Å². The van der Waals surface area contributed by atoms with E-state index in [0.29, 0.717) is 20.6 Å². The molecule has 0 N–H and O–H groups in total. The van der Waals surface area contributed by atoms with Crippen LogP contribution in [0.1, 0.15) is 102 Å². The smallest absolute Gasteiger partial charge is 0.0175 e. The van der Waals surface area contributed by atoms with Gasteiger partial charge in [-0.15, -0.1) is 0 Å². The van der Waals surface area contributed by atoms with Crippen LogP contribution in [0.3, 0.4) is 0 Å². The SMILES string of the molecule is CC(C)(C)P(C[C@@H]1C2CCC(C2)[C@@H]1CP(C(C)(C)C)C(C)(C)C)C(C)(C)C. The number of fused-ring (bicyclic) bond motifs is 2. The molecule has 2 aliphatic carbocycles. The van der Waals surface area contributed by atoms with Gasteiger partial charge in [0.15, 0.2) is 0 Å². The second kappa shape index (κ2) is 7.84. The monoisotopic (exact) mass is 412 g/mol. The molecule has 2 aliphatic rings. The Labute approximate surface area is 174 Å². The van der Waals surface area contributed by atoms with Crippen LogP contribution in [-0.2, 0) is 0 Å². The lowest BCUT2D eigenvalue weighted by atomic mass is 9.81. The van der Waals surface area contributed by atoms with Crippen LogP contribution >= 0.6 is 15.8 Å². The van der Waals surface area contributed by atoms with Gasteiger partial charge in [0.25, 0.3) is 0 Å². The van der Waals surface area contributed by atoms with Gasteiger partial charge >= 0.3 is 0 Å². The second-order valence-electron chi connectivity index (χ2n) is 13.6. The van der Waals surface area contributed by atoms with Gasteiger partial charge in [-0.1, -0.05) is 98.9 Å². The first-order valence-corrected chi connectivity index (χ1v) is 14.5. The summed E-state index contributed by atoms with van der Waals surface area (Å²) in [6.45, 7) is 30.2. The Morgan fingerprint density at radius 1 is 0.519 bits per heavy atom. The first kappa shape index (κ1) is 24.1. The summed E-state index contributed by atoms with van der Waals surface area (Å²) < 4.78 is 0. The van der Waals surface area contributed by atoms with Gasteiger partial charge in [0.05, 0.1) is 0 Å². The molecule has 2 heteroatoms. The lowest BCUT2D eigenvalue weighted by Crippen LogP contribution is -2.36. The molecule has 2 saturated carbocycles. The highest BCUT2D eigenvalue weighted by Gasteiger charge is 2.51. The summed E-state index contributed by atoms with van der Waals surface area (Å²) in [4.78, 5) is 0. The third-order valence-corrected chi connectivity index (χ3v) is 15.4. The van der Waals surface area contributed by atoms with Crippen molar-refractivity contribution in [2.24, 2.45) is 23.7 Å². The quantitative estimate of drug-likeness (QED) is 0.405. The van der Waals surface area contributed by atoms with Crippen LogP contribution in [0.5, 0.6) is 0 Å². The van der Waals surface area contributed by atoms with E-state index in [0.717, 1.165) is 23.7 Å². The lowest BCUT2D eigenvalue weighted by Gasteiger charge is -2.48. The molecule has 0 aromatic heterocycles. The zero-order chi connectivity index (χ0) is 21.0. The molecule has 2 rings (SSSR count). The molecule has 0 aromatic carbocycles. The van der Waals surface area contributed by atoms with Crippen molar-refractivity contribution in [1.29, 1.82) is 0 Å². The van der Waals surface area contributed by atoms with E-state index in [-0.39, 0.29) is 15.8 Å².